The molecule has 0 saturated carbocycles. The lowest BCUT2D eigenvalue weighted by Gasteiger charge is -2.22. The maximum Gasteiger partial charge on any atom is 0.328 e. The number of nitrogens with one attached hydrogen (secondary N) is 2. The van der Waals surface area contributed by atoms with Crippen LogP contribution in [-0.2, 0) is 20.9 Å². The third-order valence-electron chi connectivity index (χ3n) is 2.92. The smallest absolute Gasteiger partial charge is 0.328 e. The van der Waals surface area contributed by atoms with E-state index in [-0.39, 0.29) is 25.1 Å². The molecule has 1 unspecified atom stereocenters. The standard InChI is InChI=1S/C15H22N2O4/c1-11(2)14(15(20)21-8-7-18)17-13-5-3-12(4-6-13)9-16-10-19/h3-6,10-11,14,17-18H,7-9H2,1-2H3,(H,16,19). The summed E-state index contributed by atoms with van der Waals surface area (Å²) < 4.78 is 4.96. The Labute approximate surface area is 124 Å². The number of hydrogen-bond donors (Lipinski definition) is 3. The molecule has 1 aromatic carbocycles. The maximum atomic E-state index is 11.9. The summed E-state index contributed by atoms with van der Waals surface area (Å²) in [6.07, 6.45) is 0.651. The summed E-state index contributed by atoms with van der Waals surface area (Å²) in [4.78, 5) is 22.1. The van der Waals surface area contributed by atoms with Crippen molar-refractivity contribution in [3.8, 4) is 0 Å². The molecule has 0 aliphatic rings. The molecule has 0 fully saturated rings. The number of aliphatic hydroxyl groups is 1. The Balaban J connectivity index is 2.66. The van der Waals surface area contributed by atoms with Crippen LogP contribution in [0.15, 0.2) is 24.3 Å². The van der Waals surface area contributed by atoms with E-state index in [0.717, 1.165) is 11.3 Å². The van der Waals surface area contributed by atoms with Gasteiger partial charge in [0.1, 0.15) is 12.6 Å². The molecule has 1 rings (SSSR count). The van der Waals surface area contributed by atoms with Crippen molar-refractivity contribution in [3.63, 3.8) is 0 Å². The molecular weight excluding hydrogens is 272 g/mol. The number of amides is 1. The summed E-state index contributed by atoms with van der Waals surface area (Å²) in [6.45, 7) is 4.12. The van der Waals surface area contributed by atoms with Gasteiger partial charge in [0.05, 0.1) is 6.61 Å². The molecule has 1 aromatic rings. The molecule has 6 heteroatoms. The topological polar surface area (TPSA) is 87.7 Å². The lowest BCUT2D eigenvalue weighted by Crippen LogP contribution is -2.36. The number of ether oxygens (including phenoxy) is 1. The van der Waals surface area contributed by atoms with Crippen LogP contribution in [0.4, 0.5) is 5.69 Å². The largest absolute Gasteiger partial charge is 0.462 e. The molecule has 3 N–H and O–H groups in total. The first-order chi connectivity index (χ1) is 10.1. The van der Waals surface area contributed by atoms with Crippen molar-refractivity contribution in [1.29, 1.82) is 0 Å². The van der Waals surface area contributed by atoms with Gasteiger partial charge in [-0.2, -0.15) is 0 Å². The number of hydrogen-bond acceptors (Lipinski definition) is 5. The van der Waals surface area contributed by atoms with E-state index in [9.17, 15) is 9.59 Å². The van der Waals surface area contributed by atoms with Crippen LogP contribution in [0.25, 0.3) is 0 Å². The van der Waals surface area contributed by atoms with Gasteiger partial charge in [-0.25, -0.2) is 4.79 Å². The van der Waals surface area contributed by atoms with Gasteiger partial charge in [-0.15, -0.1) is 0 Å². The quantitative estimate of drug-likeness (QED) is 0.465. The van der Waals surface area contributed by atoms with Crippen molar-refractivity contribution < 1.29 is 19.4 Å². The molecular formula is C15H22N2O4. The zero-order chi connectivity index (χ0) is 15.7. The number of rotatable bonds is 9. The molecule has 0 radical (unpaired) electrons. The van der Waals surface area contributed by atoms with Gasteiger partial charge in [0.15, 0.2) is 0 Å². The van der Waals surface area contributed by atoms with Crippen LogP contribution in [0.2, 0.25) is 0 Å². The van der Waals surface area contributed by atoms with Gasteiger partial charge in [-0.1, -0.05) is 26.0 Å². The minimum absolute atomic E-state index is 0.0000356. The molecule has 0 spiro atoms. The van der Waals surface area contributed by atoms with Crippen LogP contribution in [0.5, 0.6) is 0 Å². The summed E-state index contributed by atoms with van der Waals surface area (Å²) in [7, 11) is 0. The Morgan fingerprint density at radius 2 is 2.00 bits per heavy atom. The van der Waals surface area contributed by atoms with E-state index in [1.54, 1.807) is 0 Å². The fourth-order valence-electron chi connectivity index (χ4n) is 1.79. The Bertz CT molecular complexity index is 445. The van der Waals surface area contributed by atoms with Crippen molar-refractivity contribution in [2.24, 2.45) is 5.92 Å². The number of aliphatic hydroxyl groups excluding tert-OH is 1. The van der Waals surface area contributed by atoms with E-state index in [4.69, 9.17) is 9.84 Å². The highest BCUT2D eigenvalue weighted by Gasteiger charge is 2.23. The van der Waals surface area contributed by atoms with Crippen molar-refractivity contribution >= 4 is 18.1 Å². The monoisotopic (exact) mass is 294 g/mol. The predicted octanol–water partition coefficient (Wildman–Crippen LogP) is 0.905. The van der Waals surface area contributed by atoms with Gasteiger partial charge in [0.2, 0.25) is 6.41 Å². The Hall–Kier alpha value is -2.08. The summed E-state index contributed by atoms with van der Waals surface area (Å²) in [6, 6.07) is 6.95. The molecule has 6 nitrogen and oxygen atoms in total. The molecule has 21 heavy (non-hydrogen) atoms. The number of carbonyl (C=O) groups is 2. The van der Waals surface area contributed by atoms with E-state index in [1.165, 1.54) is 0 Å². The maximum absolute atomic E-state index is 11.9. The molecule has 116 valence electrons. The summed E-state index contributed by atoms with van der Waals surface area (Å²) in [5.74, 6) is -0.335. The van der Waals surface area contributed by atoms with Gasteiger partial charge in [0.25, 0.3) is 0 Å². The first-order valence-corrected chi connectivity index (χ1v) is 6.88. The average Bonchev–Trinajstić information content (AvgIpc) is 2.49. The predicted molar refractivity (Wildman–Crippen MR) is 79.6 cm³/mol. The van der Waals surface area contributed by atoms with Gasteiger partial charge < -0.3 is 20.5 Å². The average molecular weight is 294 g/mol. The summed E-state index contributed by atoms with van der Waals surface area (Å²) >= 11 is 0. The van der Waals surface area contributed by atoms with E-state index in [1.807, 2.05) is 38.1 Å². The SMILES string of the molecule is CC(C)C(Nc1ccc(CNC=O)cc1)C(=O)OCCO. The Morgan fingerprint density at radius 3 is 2.52 bits per heavy atom. The normalized spacial score (nSPS) is 11.8. The molecule has 0 heterocycles. The van der Waals surface area contributed by atoms with Gasteiger partial charge in [-0.3, -0.25) is 4.79 Å². The number of esters is 1. The fraction of sp³-hybridized carbons (Fsp3) is 0.467. The molecule has 0 bridgehead atoms. The van der Waals surface area contributed by atoms with Crippen molar-refractivity contribution in [2.75, 3.05) is 18.5 Å². The van der Waals surface area contributed by atoms with E-state index in [0.29, 0.717) is 13.0 Å². The van der Waals surface area contributed by atoms with Crippen LogP contribution < -0.4 is 10.6 Å². The highest BCUT2D eigenvalue weighted by molar-refractivity contribution is 5.79. The first-order valence-electron chi connectivity index (χ1n) is 6.88. The van der Waals surface area contributed by atoms with E-state index < -0.39 is 6.04 Å². The zero-order valence-electron chi connectivity index (χ0n) is 12.3. The van der Waals surface area contributed by atoms with Gasteiger partial charge >= 0.3 is 5.97 Å². The number of benzene rings is 1. The summed E-state index contributed by atoms with van der Waals surface area (Å²) in [5.41, 5.74) is 1.76. The third kappa shape index (κ3) is 5.83. The van der Waals surface area contributed by atoms with Crippen molar-refractivity contribution in [1.82, 2.24) is 5.32 Å². The van der Waals surface area contributed by atoms with Crippen LogP contribution in [0.1, 0.15) is 19.4 Å². The second kappa shape index (κ2) is 8.97. The second-order valence-electron chi connectivity index (χ2n) is 4.95. The van der Waals surface area contributed by atoms with Crippen molar-refractivity contribution in [3.05, 3.63) is 29.8 Å². The lowest BCUT2D eigenvalue weighted by atomic mass is 10.0. The highest BCUT2D eigenvalue weighted by atomic mass is 16.5. The minimum Gasteiger partial charge on any atom is -0.462 e. The fourth-order valence-corrected chi connectivity index (χ4v) is 1.79. The van der Waals surface area contributed by atoms with E-state index in [2.05, 4.69) is 10.6 Å². The van der Waals surface area contributed by atoms with Crippen molar-refractivity contribution in [2.45, 2.75) is 26.4 Å². The Kier molecular flexibility index (Phi) is 7.25. The first kappa shape index (κ1) is 17.0. The number of carbonyl (C=O) groups excluding carboxylic acids is 2. The zero-order valence-corrected chi connectivity index (χ0v) is 12.3. The second-order valence-corrected chi connectivity index (χ2v) is 4.95. The third-order valence-corrected chi connectivity index (χ3v) is 2.92. The van der Waals surface area contributed by atoms with Crippen LogP contribution >= 0.6 is 0 Å². The van der Waals surface area contributed by atoms with Gasteiger partial charge in [-0.05, 0) is 23.6 Å². The number of anilines is 1. The molecule has 0 aliphatic heterocycles. The molecule has 0 aromatic heterocycles. The molecule has 1 amide bonds. The van der Waals surface area contributed by atoms with E-state index >= 15 is 0 Å². The molecule has 0 saturated heterocycles. The van der Waals surface area contributed by atoms with Crippen LogP contribution in [0.3, 0.4) is 0 Å². The van der Waals surface area contributed by atoms with Crippen LogP contribution in [-0.4, -0.2) is 36.7 Å². The van der Waals surface area contributed by atoms with Gasteiger partial charge in [0, 0.05) is 12.2 Å². The molecule has 1 atom stereocenters. The summed E-state index contributed by atoms with van der Waals surface area (Å²) in [5, 5.41) is 14.4. The van der Waals surface area contributed by atoms with Crippen LogP contribution in [0, 0.1) is 5.92 Å². The lowest BCUT2D eigenvalue weighted by molar-refractivity contribution is -0.146. The highest BCUT2D eigenvalue weighted by Crippen LogP contribution is 2.15. The Morgan fingerprint density at radius 1 is 1.33 bits per heavy atom. The minimum atomic E-state index is -0.476. The molecule has 0 aliphatic carbocycles.